The molecule has 3 rings (SSSR count). The minimum absolute atomic E-state index is 0.142. The molecule has 3 aromatic rings. The summed E-state index contributed by atoms with van der Waals surface area (Å²) in [6, 6.07) is 11.2. The van der Waals surface area contributed by atoms with Crippen LogP contribution in [-0.4, -0.2) is 21.0 Å². The van der Waals surface area contributed by atoms with Gasteiger partial charge in [-0.3, -0.25) is 9.97 Å². The zero-order chi connectivity index (χ0) is 13.9. The van der Waals surface area contributed by atoms with Crippen LogP contribution >= 0.6 is 0 Å². The Morgan fingerprint density at radius 1 is 1.15 bits per heavy atom. The van der Waals surface area contributed by atoms with E-state index in [1.807, 2.05) is 30.3 Å². The number of nitrogens with one attached hydrogen (secondary N) is 1. The second-order valence-electron chi connectivity index (χ2n) is 4.27. The van der Waals surface area contributed by atoms with Gasteiger partial charge in [0.1, 0.15) is 0 Å². The molecule has 0 fully saturated rings. The normalized spacial score (nSPS) is 10.4. The van der Waals surface area contributed by atoms with E-state index < -0.39 is 5.97 Å². The van der Waals surface area contributed by atoms with Crippen LogP contribution in [0, 0.1) is 0 Å². The van der Waals surface area contributed by atoms with Crippen molar-refractivity contribution in [1.82, 2.24) is 9.97 Å². The Hall–Kier alpha value is -2.95. The summed E-state index contributed by atoms with van der Waals surface area (Å²) in [4.78, 5) is 19.2. The molecule has 0 aliphatic carbocycles. The molecule has 5 heteroatoms. The fourth-order valence-electron chi connectivity index (χ4n) is 1.99. The van der Waals surface area contributed by atoms with Gasteiger partial charge < -0.3 is 10.4 Å². The van der Waals surface area contributed by atoms with Crippen LogP contribution in [0.5, 0.6) is 0 Å². The molecule has 2 heterocycles. The predicted molar refractivity (Wildman–Crippen MR) is 76.2 cm³/mol. The van der Waals surface area contributed by atoms with Crippen molar-refractivity contribution in [3.8, 4) is 0 Å². The number of aromatic nitrogens is 2. The number of para-hydroxylation sites is 1. The quantitative estimate of drug-likeness (QED) is 0.761. The van der Waals surface area contributed by atoms with Crippen molar-refractivity contribution in [1.29, 1.82) is 0 Å². The van der Waals surface area contributed by atoms with E-state index in [4.69, 9.17) is 5.11 Å². The number of hydrogen-bond acceptors (Lipinski definition) is 4. The lowest BCUT2D eigenvalue weighted by atomic mass is 10.2. The average Bonchev–Trinajstić information content (AvgIpc) is 2.48. The summed E-state index contributed by atoms with van der Waals surface area (Å²) in [6.07, 6.45) is 4.61. The van der Waals surface area contributed by atoms with Gasteiger partial charge in [0, 0.05) is 17.8 Å². The molecule has 98 valence electrons. The number of nitrogens with zero attached hydrogens (tertiary/aromatic N) is 2. The van der Waals surface area contributed by atoms with Crippen molar-refractivity contribution in [3.63, 3.8) is 0 Å². The second-order valence-corrected chi connectivity index (χ2v) is 4.27. The van der Waals surface area contributed by atoms with Crippen molar-refractivity contribution in [3.05, 3.63) is 60.6 Å². The number of hydrogen-bond donors (Lipinski definition) is 2. The van der Waals surface area contributed by atoms with Crippen molar-refractivity contribution in [2.45, 2.75) is 0 Å². The lowest BCUT2D eigenvalue weighted by Gasteiger charge is -2.09. The van der Waals surface area contributed by atoms with Crippen LogP contribution in [0.4, 0.5) is 11.4 Å². The van der Waals surface area contributed by atoms with Crippen LogP contribution < -0.4 is 5.32 Å². The summed E-state index contributed by atoms with van der Waals surface area (Å²) in [7, 11) is 0. The number of carbonyl (C=O) groups is 1. The van der Waals surface area contributed by atoms with E-state index >= 15 is 0 Å². The number of pyridine rings is 2. The van der Waals surface area contributed by atoms with Gasteiger partial charge in [-0.1, -0.05) is 18.2 Å². The molecule has 0 unspecified atom stereocenters. The first kappa shape index (κ1) is 12.1. The molecule has 5 nitrogen and oxygen atoms in total. The number of fused-ring (bicyclic) bond motifs is 1. The maximum Gasteiger partial charge on any atom is 0.337 e. The van der Waals surface area contributed by atoms with Crippen LogP contribution in [0.1, 0.15) is 10.4 Å². The van der Waals surface area contributed by atoms with Gasteiger partial charge in [-0.15, -0.1) is 0 Å². The molecular formula is C15H11N3O2. The van der Waals surface area contributed by atoms with E-state index in [-0.39, 0.29) is 5.56 Å². The molecule has 0 amide bonds. The Morgan fingerprint density at radius 2 is 2.00 bits per heavy atom. The van der Waals surface area contributed by atoms with E-state index in [0.29, 0.717) is 5.69 Å². The zero-order valence-corrected chi connectivity index (χ0v) is 10.4. The third-order valence-corrected chi connectivity index (χ3v) is 2.90. The third kappa shape index (κ3) is 2.29. The lowest BCUT2D eigenvalue weighted by Crippen LogP contribution is -1.99. The van der Waals surface area contributed by atoms with Gasteiger partial charge in [-0.25, -0.2) is 4.79 Å². The number of carboxylic acid groups (broad SMARTS) is 1. The van der Waals surface area contributed by atoms with Crippen LogP contribution in [0.3, 0.4) is 0 Å². The summed E-state index contributed by atoms with van der Waals surface area (Å²) in [6.45, 7) is 0. The summed E-state index contributed by atoms with van der Waals surface area (Å²) in [5.74, 6) is -1.00. The average molecular weight is 265 g/mol. The Balaban J connectivity index is 2.01. The van der Waals surface area contributed by atoms with Gasteiger partial charge in [-0.2, -0.15) is 0 Å². The zero-order valence-electron chi connectivity index (χ0n) is 10.4. The highest BCUT2D eigenvalue weighted by atomic mass is 16.4. The fourth-order valence-corrected chi connectivity index (χ4v) is 1.99. The molecule has 2 aromatic heterocycles. The first-order valence-corrected chi connectivity index (χ1v) is 6.03. The minimum Gasteiger partial charge on any atom is -0.478 e. The van der Waals surface area contributed by atoms with Gasteiger partial charge in [0.2, 0.25) is 0 Å². The molecule has 0 spiro atoms. The third-order valence-electron chi connectivity index (χ3n) is 2.90. The first-order chi connectivity index (χ1) is 9.74. The molecule has 0 atom stereocenters. The Morgan fingerprint density at radius 3 is 2.85 bits per heavy atom. The SMILES string of the molecule is O=C(O)c1cncc(Nc2cccc3cccnc23)c1. The molecular weight excluding hydrogens is 254 g/mol. The molecule has 20 heavy (non-hydrogen) atoms. The standard InChI is InChI=1S/C15H11N3O2/c19-15(20)11-7-12(9-16-8-11)18-13-5-1-3-10-4-2-6-17-14(10)13/h1-9,18H,(H,19,20). The molecule has 0 saturated heterocycles. The van der Waals surface area contributed by atoms with E-state index in [9.17, 15) is 4.79 Å². The molecule has 2 N–H and O–H groups in total. The van der Waals surface area contributed by atoms with Crippen LogP contribution in [0.15, 0.2) is 55.0 Å². The Labute approximate surface area is 114 Å². The summed E-state index contributed by atoms with van der Waals surface area (Å²) < 4.78 is 0. The Bertz CT molecular complexity index is 781. The van der Waals surface area contributed by atoms with E-state index in [2.05, 4.69) is 15.3 Å². The minimum atomic E-state index is -1.00. The first-order valence-electron chi connectivity index (χ1n) is 6.03. The number of carboxylic acids is 1. The molecule has 0 aliphatic rings. The van der Waals surface area contributed by atoms with Crippen LogP contribution in [0.25, 0.3) is 10.9 Å². The predicted octanol–water partition coefficient (Wildman–Crippen LogP) is 3.07. The van der Waals surface area contributed by atoms with E-state index in [1.165, 1.54) is 12.3 Å². The fraction of sp³-hybridized carbons (Fsp3) is 0. The molecule has 1 aromatic carbocycles. The summed E-state index contributed by atoms with van der Waals surface area (Å²) in [5.41, 5.74) is 2.40. The van der Waals surface area contributed by atoms with Crippen LogP contribution in [-0.2, 0) is 0 Å². The highest BCUT2D eigenvalue weighted by molar-refractivity contribution is 5.93. The van der Waals surface area contributed by atoms with Gasteiger partial charge in [0.25, 0.3) is 0 Å². The second kappa shape index (κ2) is 4.97. The van der Waals surface area contributed by atoms with Gasteiger partial charge >= 0.3 is 5.97 Å². The molecule has 0 saturated carbocycles. The van der Waals surface area contributed by atoms with Crippen molar-refractivity contribution < 1.29 is 9.90 Å². The highest BCUT2D eigenvalue weighted by Gasteiger charge is 2.06. The Kier molecular flexibility index (Phi) is 3.01. The van der Waals surface area contributed by atoms with Crippen molar-refractivity contribution >= 4 is 28.2 Å². The lowest BCUT2D eigenvalue weighted by molar-refractivity contribution is 0.0696. The molecule has 0 bridgehead atoms. The monoisotopic (exact) mass is 265 g/mol. The van der Waals surface area contributed by atoms with Gasteiger partial charge in [0.05, 0.1) is 28.7 Å². The van der Waals surface area contributed by atoms with Crippen LogP contribution in [0.2, 0.25) is 0 Å². The van der Waals surface area contributed by atoms with Gasteiger partial charge in [-0.05, 0) is 18.2 Å². The number of anilines is 2. The highest BCUT2D eigenvalue weighted by Crippen LogP contribution is 2.24. The number of aromatic carboxylic acids is 1. The van der Waals surface area contributed by atoms with Crippen molar-refractivity contribution in [2.75, 3.05) is 5.32 Å². The maximum atomic E-state index is 10.9. The topological polar surface area (TPSA) is 75.1 Å². The van der Waals surface area contributed by atoms with E-state index in [1.54, 1.807) is 12.4 Å². The van der Waals surface area contributed by atoms with E-state index in [0.717, 1.165) is 16.6 Å². The number of benzene rings is 1. The summed E-state index contributed by atoms with van der Waals surface area (Å²) in [5, 5.41) is 13.1. The maximum absolute atomic E-state index is 10.9. The molecule has 0 radical (unpaired) electrons. The van der Waals surface area contributed by atoms with Gasteiger partial charge in [0.15, 0.2) is 0 Å². The smallest absolute Gasteiger partial charge is 0.337 e. The largest absolute Gasteiger partial charge is 0.478 e. The summed E-state index contributed by atoms with van der Waals surface area (Å²) >= 11 is 0. The number of rotatable bonds is 3. The van der Waals surface area contributed by atoms with Crippen molar-refractivity contribution in [2.24, 2.45) is 0 Å². The molecule has 0 aliphatic heterocycles.